The van der Waals surface area contributed by atoms with Gasteiger partial charge >= 0.3 is 0 Å². The highest BCUT2D eigenvalue weighted by atomic mass is 16.5. The van der Waals surface area contributed by atoms with Crippen LogP contribution in [0.2, 0.25) is 0 Å². The van der Waals surface area contributed by atoms with Crippen LogP contribution in [0.25, 0.3) is 0 Å². The maximum Gasteiger partial charge on any atom is 0.0658 e. The Hall–Kier alpha value is -0.0800. The lowest BCUT2D eigenvalue weighted by molar-refractivity contribution is -0.128. The number of nitrogens with one attached hydrogen (secondary N) is 1. The fourth-order valence-electron chi connectivity index (χ4n) is 3.19. The Balaban J connectivity index is 2.44. The van der Waals surface area contributed by atoms with Gasteiger partial charge in [0.2, 0.25) is 0 Å². The first-order valence-corrected chi connectivity index (χ1v) is 7.85. The van der Waals surface area contributed by atoms with E-state index < -0.39 is 0 Å². The Morgan fingerprint density at radius 1 is 1.28 bits per heavy atom. The predicted octanol–water partition coefficient (Wildman–Crippen LogP) is 3.99. The maximum absolute atomic E-state index is 5.86. The fraction of sp³-hybridized carbons (Fsp3) is 1.00. The summed E-state index contributed by atoms with van der Waals surface area (Å²) in [6.45, 7) is 14.6. The molecule has 0 spiro atoms. The summed E-state index contributed by atoms with van der Waals surface area (Å²) in [7, 11) is 0. The van der Waals surface area contributed by atoms with Gasteiger partial charge in [-0.2, -0.15) is 0 Å². The molecule has 0 heterocycles. The molecule has 1 N–H and O–H groups in total. The van der Waals surface area contributed by atoms with Crippen LogP contribution in [-0.2, 0) is 4.74 Å². The Bertz CT molecular complexity index is 243. The minimum absolute atomic E-state index is 0.333. The van der Waals surface area contributed by atoms with Gasteiger partial charge < -0.3 is 10.1 Å². The molecule has 0 bridgehead atoms. The van der Waals surface area contributed by atoms with Gasteiger partial charge in [0.05, 0.1) is 6.10 Å². The van der Waals surface area contributed by atoms with Gasteiger partial charge in [0.1, 0.15) is 0 Å². The van der Waals surface area contributed by atoms with E-state index in [0.717, 1.165) is 12.5 Å². The van der Waals surface area contributed by atoms with Crippen molar-refractivity contribution < 1.29 is 4.74 Å². The Morgan fingerprint density at radius 2 is 1.94 bits per heavy atom. The third kappa shape index (κ3) is 3.48. The second-order valence-electron chi connectivity index (χ2n) is 6.41. The highest BCUT2D eigenvalue weighted by Crippen LogP contribution is 2.46. The van der Waals surface area contributed by atoms with E-state index in [1.54, 1.807) is 0 Å². The summed E-state index contributed by atoms with van der Waals surface area (Å²) in [6, 6.07) is 1.26. The molecule has 1 aliphatic carbocycles. The largest absolute Gasteiger partial charge is 0.378 e. The molecule has 5 atom stereocenters. The van der Waals surface area contributed by atoms with Gasteiger partial charge in [0, 0.05) is 24.1 Å². The van der Waals surface area contributed by atoms with Gasteiger partial charge in [-0.15, -0.1) is 0 Å². The molecule has 1 aliphatic rings. The first-order chi connectivity index (χ1) is 8.47. The predicted molar refractivity (Wildman–Crippen MR) is 78.9 cm³/mol. The molecule has 0 aromatic heterocycles. The van der Waals surface area contributed by atoms with Crippen LogP contribution in [0, 0.1) is 11.3 Å². The van der Waals surface area contributed by atoms with Gasteiger partial charge in [-0.3, -0.25) is 0 Å². The van der Waals surface area contributed by atoms with Crippen LogP contribution < -0.4 is 5.32 Å². The van der Waals surface area contributed by atoms with E-state index in [1.807, 2.05) is 0 Å². The van der Waals surface area contributed by atoms with Crippen molar-refractivity contribution in [1.82, 2.24) is 5.32 Å². The summed E-state index contributed by atoms with van der Waals surface area (Å²) in [5.74, 6) is 0.822. The molecule has 0 amide bonds. The van der Waals surface area contributed by atoms with E-state index in [0.29, 0.717) is 23.6 Å². The number of hydrogen-bond acceptors (Lipinski definition) is 2. The quantitative estimate of drug-likeness (QED) is 0.708. The van der Waals surface area contributed by atoms with Crippen LogP contribution in [0.1, 0.15) is 67.2 Å². The molecule has 1 fully saturated rings. The smallest absolute Gasteiger partial charge is 0.0658 e. The first kappa shape index (κ1) is 16.0. The highest BCUT2D eigenvalue weighted by Gasteiger charge is 2.51. The Labute approximate surface area is 114 Å². The third-order valence-corrected chi connectivity index (χ3v) is 5.05. The van der Waals surface area contributed by atoms with Crippen molar-refractivity contribution >= 4 is 0 Å². The molecule has 0 radical (unpaired) electrons. The van der Waals surface area contributed by atoms with Gasteiger partial charge in [-0.05, 0) is 39.0 Å². The van der Waals surface area contributed by atoms with Gasteiger partial charge in [0.15, 0.2) is 0 Å². The Morgan fingerprint density at radius 3 is 2.44 bits per heavy atom. The van der Waals surface area contributed by atoms with Crippen molar-refractivity contribution in [2.45, 2.75) is 85.4 Å². The molecule has 0 aromatic rings. The van der Waals surface area contributed by atoms with Crippen molar-refractivity contribution in [2.75, 3.05) is 6.61 Å². The molecular formula is C16H33NO. The zero-order chi connectivity index (χ0) is 13.8. The van der Waals surface area contributed by atoms with Crippen LogP contribution >= 0.6 is 0 Å². The molecule has 108 valence electrons. The van der Waals surface area contributed by atoms with E-state index in [-0.39, 0.29) is 0 Å². The van der Waals surface area contributed by atoms with E-state index in [4.69, 9.17) is 4.74 Å². The fourth-order valence-corrected chi connectivity index (χ4v) is 3.19. The maximum atomic E-state index is 5.86. The normalized spacial score (nSPS) is 35.0. The van der Waals surface area contributed by atoms with Gasteiger partial charge in [-0.25, -0.2) is 0 Å². The van der Waals surface area contributed by atoms with E-state index in [1.165, 1.54) is 25.7 Å². The van der Waals surface area contributed by atoms with Crippen LogP contribution in [0.3, 0.4) is 0 Å². The second-order valence-corrected chi connectivity index (χ2v) is 6.41. The van der Waals surface area contributed by atoms with Crippen molar-refractivity contribution in [1.29, 1.82) is 0 Å². The zero-order valence-corrected chi connectivity index (χ0v) is 13.3. The van der Waals surface area contributed by atoms with Crippen LogP contribution in [0.15, 0.2) is 0 Å². The van der Waals surface area contributed by atoms with Gasteiger partial charge in [-0.1, -0.05) is 34.1 Å². The molecule has 5 unspecified atom stereocenters. The van der Waals surface area contributed by atoms with Crippen molar-refractivity contribution in [3.8, 4) is 0 Å². The first-order valence-electron chi connectivity index (χ1n) is 7.85. The summed E-state index contributed by atoms with van der Waals surface area (Å²) in [5, 5.41) is 3.83. The van der Waals surface area contributed by atoms with E-state index >= 15 is 0 Å². The van der Waals surface area contributed by atoms with Crippen molar-refractivity contribution in [3.63, 3.8) is 0 Å². The van der Waals surface area contributed by atoms with E-state index in [9.17, 15) is 0 Å². The molecule has 1 saturated carbocycles. The standard InChI is InChI=1S/C16H33NO/c1-7-12(4)10-13(5)17-14-11-15(18-9-3)16(14,6)8-2/h12-15,17H,7-11H2,1-6H3. The topological polar surface area (TPSA) is 21.3 Å². The van der Waals surface area contributed by atoms with Crippen LogP contribution in [0.4, 0.5) is 0 Å². The lowest BCUT2D eigenvalue weighted by Gasteiger charge is -2.54. The molecule has 2 nitrogen and oxygen atoms in total. The lowest BCUT2D eigenvalue weighted by Crippen LogP contribution is -2.63. The summed E-state index contributed by atoms with van der Waals surface area (Å²) < 4.78 is 5.86. The average molecular weight is 255 g/mol. The summed E-state index contributed by atoms with van der Waals surface area (Å²) in [6.07, 6.45) is 5.41. The molecule has 18 heavy (non-hydrogen) atoms. The Kier molecular flexibility index (Phi) is 6.13. The second kappa shape index (κ2) is 6.91. The molecule has 2 heteroatoms. The number of rotatable bonds is 8. The zero-order valence-electron chi connectivity index (χ0n) is 13.3. The summed E-state index contributed by atoms with van der Waals surface area (Å²) >= 11 is 0. The molecule has 0 aromatic carbocycles. The SMILES string of the molecule is CCOC1CC(NC(C)CC(C)CC)C1(C)CC. The van der Waals surface area contributed by atoms with Crippen LogP contribution in [-0.4, -0.2) is 24.8 Å². The third-order valence-electron chi connectivity index (χ3n) is 5.05. The van der Waals surface area contributed by atoms with Crippen LogP contribution in [0.5, 0.6) is 0 Å². The molecule has 1 rings (SSSR count). The monoisotopic (exact) mass is 255 g/mol. The average Bonchev–Trinajstić information content (AvgIpc) is 2.36. The minimum Gasteiger partial charge on any atom is -0.378 e. The summed E-state index contributed by atoms with van der Waals surface area (Å²) in [4.78, 5) is 0. The minimum atomic E-state index is 0.333. The highest BCUT2D eigenvalue weighted by molar-refractivity contribution is 5.05. The number of ether oxygens (including phenoxy) is 1. The van der Waals surface area contributed by atoms with Crippen molar-refractivity contribution in [3.05, 3.63) is 0 Å². The molecular weight excluding hydrogens is 222 g/mol. The van der Waals surface area contributed by atoms with E-state index in [2.05, 4.69) is 46.9 Å². The summed E-state index contributed by atoms with van der Waals surface area (Å²) in [5.41, 5.74) is 0.333. The number of hydrogen-bond donors (Lipinski definition) is 1. The molecule has 0 saturated heterocycles. The lowest BCUT2D eigenvalue weighted by atomic mass is 9.61. The van der Waals surface area contributed by atoms with Gasteiger partial charge in [0.25, 0.3) is 0 Å². The molecule has 0 aliphatic heterocycles. The van der Waals surface area contributed by atoms with Crippen molar-refractivity contribution in [2.24, 2.45) is 11.3 Å².